The molecular formula is C9H16N2S2. The monoisotopic (exact) mass is 216 g/mol. The molecule has 2 nitrogen and oxygen atoms in total. The third-order valence-corrected chi connectivity index (χ3v) is 4.35. The molecule has 1 aromatic heterocycles. The molecule has 74 valence electrons. The minimum absolute atomic E-state index is 0.532. The summed E-state index contributed by atoms with van der Waals surface area (Å²) < 4.78 is 0. The van der Waals surface area contributed by atoms with Crippen LogP contribution in [0.15, 0.2) is 0 Å². The zero-order chi connectivity index (χ0) is 9.84. The molecule has 1 atom stereocenters. The molecule has 4 heteroatoms. The first kappa shape index (κ1) is 11.0. The first-order chi connectivity index (χ1) is 6.13. The molecule has 0 fully saturated rings. The van der Waals surface area contributed by atoms with Crippen LogP contribution < -0.4 is 5.73 Å². The van der Waals surface area contributed by atoms with Gasteiger partial charge in [-0.2, -0.15) is 11.8 Å². The summed E-state index contributed by atoms with van der Waals surface area (Å²) in [5.74, 6) is 0.998. The Balaban J connectivity index is 2.45. The zero-order valence-electron chi connectivity index (χ0n) is 8.33. The molecule has 0 aromatic carbocycles. The van der Waals surface area contributed by atoms with Crippen LogP contribution in [0.4, 0.5) is 0 Å². The maximum atomic E-state index is 5.53. The van der Waals surface area contributed by atoms with Gasteiger partial charge in [-0.05, 0) is 13.8 Å². The van der Waals surface area contributed by atoms with Crippen LogP contribution in [0, 0.1) is 13.8 Å². The lowest BCUT2D eigenvalue weighted by atomic mass is 10.4. The standard InChI is InChI=1S/C9H16N2S2/c1-6(4-10)12-5-9-11-7(2)8(3)13-9/h6H,4-5,10H2,1-3H3. The number of hydrogen-bond acceptors (Lipinski definition) is 4. The molecule has 2 N–H and O–H groups in total. The van der Waals surface area contributed by atoms with Gasteiger partial charge in [0.25, 0.3) is 0 Å². The van der Waals surface area contributed by atoms with Crippen LogP contribution in [0.3, 0.4) is 0 Å². The summed E-state index contributed by atoms with van der Waals surface area (Å²) in [6.45, 7) is 7.08. The first-order valence-corrected chi connectivity index (χ1v) is 6.24. The van der Waals surface area contributed by atoms with E-state index in [4.69, 9.17) is 5.73 Å². The number of nitrogens with two attached hydrogens (primary N) is 1. The average molecular weight is 216 g/mol. The molecule has 0 saturated heterocycles. The van der Waals surface area contributed by atoms with Crippen molar-refractivity contribution in [2.45, 2.75) is 31.8 Å². The maximum absolute atomic E-state index is 5.53. The Labute approximate surface area is 87.9 Å². The van der Waals surface area contributed by atoms with Gasteiger partial charge in [0, 0.05) is 22.4 Å². The second-order valence-electron chi connectivity index (χ2n) is 3.11. The van der Waals surface area contributed by atoms with E-state index >= 15 is 0 Å². The fraction of sp³-hybridized carbons (Fsp3) is 0.667. The van der Waals surface area contributed by atoms with Gasteiger partial charge in [-0.3, -0.25) is 0 Å². The molecule has 0 aliphatic heterocycles. The Morgan fingerprint density at radius 1 is 1.54 bits per heavy atom. The predicted molar refractivity (Wildman–Crippen MR) is 61.4 cm³/mol. The Kier molecular flexibility index (Phi) is 4.22. The number of thioether (sulfide) groups is 1. The van der Waals surface area contributed by atoms with Crippen molar-refractivity contribution in [2.24, 2.45) is 5.73 Å². The van der Waals surface area contributed by atoms with Crippen LogP contribution in [-0.4, -0.2) is 16.8 Å². The molecule has 0 aliphatic carbocycles. The molecule has 1 aromatic rings. The fourth-order valence-corrected chi connectivity index (χ4v) is 2.68. The van der Waals surface area contributed by atoms with Gasteiger partial charge in [-0.1, -0.05) is 6.92 Å². The van der Waals surface area contributed by atoms with Gasteiger partial charge in [0.1, 0.15) is 5.01 Å². The SMILES string of the molecule is Cc1nc(CSC(C)CN)sc1C. The van der Waals surface area contributed by atoms with Gasteiger partial charge in [0.05, 0.1) is 5.69 Å². The lowest BCUT2D eigenvalue weighted by Gasteiger charge is -2.04. The minimum atomic E-state index is 0.532. The molecular weight excluding hydrogens is 200 g/mol. The summed E-state index contributed by atoms with van der Waals surface area (Å²) in [7, 11) is 0. The molecule has 13 heavy (non-hydrogen) atoms. The van der Waals surface area contributed by atoms with E-state index in [1.807, 2.05) is 11.8 Å². The van der Waals surface area contributed by atoms with Gasteiger partial charge in [-0.25, -0.2) is 4.98 Å². The van der Waals surface area contributed by atoms with E-state index in [9.17, 15) is 0 Å². The van der Waals surface area contributed by atoms with E-state index < -0.39 is 0 Å². The number of hydrogen-bond donors (Lipinski definition) is 1. The van der Waals surface area contributed by atoms with Crippen LogP contribution in [0.2, 0.25) is 0 Å². The topological polar surface area (TPSA) is 38.9 Å². The summed E-state index contributed by atoms with van der Waals surface area (Å²) in [5, 5.41) is 1.75. The number of aromatic nitrogens is 1. The van der Waals surface area contributed by atoms with Crippen molar-refractivity contribution in [3.8, 4) is 0 Å². The summed E-state index contributed by atoms with van der Waals surface area (Å²) in [4.78, 5) is 5.80. The number of aryl methyl sites for hydroxylation is 2. The molecule has 1 heterocycles. The summed E-state index contributed by atoms with van der Waals surface area (Å²) >= 11 is 3.67. The van der Waals surface area contributed by atoms with Crippen LogP contribution in [0.1, 0.15) is 22.5 Å². The predicted octanol–water partition coefficient (Wildman–Crippen LogP) is 2.34. The van der Waals surface area contributed by atoms with Crippen molar-refractivity contribution in [2.75, 3.05) is 6.54 Å². The van der Waals surface area contributed by atoms with Gasteiger partial charge >= 0.3 is 0 Å². The summed E-state index contributed by atoms with van der Waals surface area (Å²) in [6, 6.07) is 0. The number of rotatable bonds is 4. The number of nitrogens with zero attached hydrogens (tertiary/aromatic N) is 1. The third-order valence-electron chi connectivity index (χ3n) is 1.90. The highest BCUT2D eigenvalue weighted by Gasteiger charge is 2.05. The van der Waals surface area contributed by atoms with E-state index in [1.54, 1.807) is 11.3 Å². The third kappa shape index (κ3) is 3.29. The van der Waals surface area contributed by atoms with E-state index in [1.165, 1.54) is 15.6 Å². The van der Waals surface area contributed by atoms with Gasteiger partial charge in [0.2, 0.25) is 0 Å². The molecule has 0 saturated carbocycles. The van der Waals surface area contributed by atoms with Crippen molar-refractivity contribution in [1.82, 2.24) is 4.98 Å². The van der Waals surface area contributed by atoms with Crippen LogP contribution >= 0.6 is 23.1 Å². The second-order valence-corrected chi connectivity index (χ2v) is 5.82. The molecule has 0 bridgehead atoms. The van der Waals surface area contributed by atoms with Gasteiger partial charge in [-0.15, -0.1) is 11.3 Å². The lowest BCUT2D eigenvalue weighted by Crippen LogP contribution is -2.12. The van der Waals surface area contributed by atoms with E-state index in [0.717, 1.165) is 12.3 Å². The highest BCUT2D eigenvalue weighted by atomic mass is 32.2. The molecule has 0 amide bonds. The van der Waals surface area contributed by atoms with Gasteiger partial charge in [0.15, 0.2) is 0 Å². The average Bonchev–Trinajstić information content (AvgIpc) is 2.42. The number of thiazole rings is 1. The lowest BCUT2D eigenvalue weighted by molar-refractivity contribution is 0.950. The minimum Gasteiger partial charge on any atom is -0.329 e. The van der Waals surface area contributed by atoms with Gasteiger partial charge < -0.3 is 5.73 Å². The second kappa shape index (κ2) is 4.98. The Hall–Kier alpha value is -0.0600. The smallest absolute Gasteiger partial charge is 0.103 e. The molecule has 0 aliphatic rings. The van der Waals surface area contributed by atoms with E-state index in [-0.39, 0.29) is 0 Å². The Morgan fingerprint density at radius 3 is 2.69 bits per heavy atom. The molecule has 0 spiro atoms. The highest BCUT2D eigenvalue weighted by Crippen LogP contribution is 2.23. The van der Waals surface area contributed by atoms with Crippen molar-refractivity contribution in [3.63, 3.8) is 0 Å². The van der Waals surface area contributed by atoms with Crippen LogP contribution in [0.25, 0.3) is 0 Å². The first-order valence-electron chi connectivity index (χ1n) is 4.38. The molecule has 0 radical (unpaired) electrons. The largest absolute Gasteiger partial charge is 0.329 e. The Morgan fingerprint density at radius 2 is 2.23 bits per heavy atom. The van der Waals surface area contributed by atoms with Crippen molar-refractivity contribution in [1.29, 1.82) is 0 Å². The molecule has 1 rings (SSSR count). The maximum Gasteiger partial charge on any atom is 0.103 e. The normalized spacial score (nSPS) is 13.2. The fourth-order valence-electron chi connectivity index (χ4n) is 0.882. The quantitative estimate of drug-likeness (QED) is 0.839. The van der Waals surface area contributed by atoms with Crippen molar-refractivity contribution in [3.05, 3.63) is 15.6 Å². The summed E-state index contributed by atoms with van der Waals surface area (Å²) in [5.41, 5.74) is 6.70. The Bertz CT molecular complexity index is 251. The van der Waals surface area contributed by atoms with Crippen molar-refractivity contribution < 1.29 is 0 Å². The van der Waals surface area contributed by atoms with Crippen LogP contribution in [-0.2, 0) is 5.75 Å². The molecule has 1 unspecified atom stereocenters. The van der Waals surface area contributed by atoms with E-state index in [2.05, 4.69) is 25.8 Å². The van der Waals surface area contributed by atoms with Crippen molar-refractivity contribution >= 4 is 23.1 Å². The summed E-state index contributed by atoms with van der Waals surface area (Å²) in [6.07, 6.45) is 0. The van der Waals surface area contributed by atoms with E-state index in [0.29, 0.717) is 5.25 Å². The van der Waals surface area contributed by atoms with Crippen LogP contribution in [0.5, 0.6) is 0 Å². The zero-order valence-corrected chi connectivity index (χ0v) is 9.97. The highest BCUT2D eigenvalue weighted by molar-refractivity contribution is 7.99.